The van der Waals surface area contributed by atoms with Crippen LogP contribution in [0.4, 0.5) is 0 Å². The second-order valence-corrected chi connectivity index (χ2v) is 8.50. The second-order valence-electron chi connectivity index (χ2n) is 5.77. The quantitative estimate of drug-likeness (QED) is 0.456. The number of alkyl halides is 2. The molecule has 4 unspecified atom stereocenters. The third-order valence-corrected chi connectivity index (χ3v) is 8.96. The van der Waals surface area contributed by atoms with E-state index in [1.165, 1.54) is 28.4 Å². The van der Waals surface area contributed by atoms with E-state index in [-0.39, 0.29) is 20.1 Å². The monoisotopic (exact) mass is 456 g/mol. The lowest BCUT2D eigenvalue weighted by Gasteiger charge is -2.44. The summed E-state index contributed by atoms with van der Waals surface area (Å²) in [6.07, 6.45) is 0. The van der Waals surface area contributed by atoms with Crippen molar-refractivity contribution in [1.82, 2.24) is 0 Å². The van der Waals surface area contributed by atoms with Crippen LogP contribution in [0.3, 0.4) is 0 Å². The molecule has 0 spiro atoms. The maximum Gasteiger partial charge on any atom is 0.218 e. The zero-order valence-corrected chi connectivity index (χ0v) is 17.6. The molecule has 0 amide bonds. The Balaban J connectivity index is 2.41. The summed E-state index contributed by atoms with van der Waals surface area (Å²) in [5.41, 5.74) is 0. The minimum absolute atomic E-state index is 0.0834. The number of rotatable bonds is 4. The van der Waals surface area contributed by atoms with Gasteiger partial charge < -0.3 is 18.9 Å². The van der Waals surface area contributed by atoms with Crippen LogP contribution in [0.25, 0.3) is 0 Å². The van der Waals surface area contributed by atoms with Crippen molar-refractivity contribution in [2.45, 2.75) is 21.3 Å². The molecule has 0 aromatic rings. The number of hydrogen-bond acceptors (Lipinski definition) is 4. The normalized spacial score (nSPS) is 42.2. The van der Waals surface area contributed by atoms with E-state index in [0.717, 1.165) is 0 Å². The van der Waals surface area contributed by atoms with Gasteiger partial charge in [0.1, 0.15) is 9.75 Å². The van der Waals surface area contributed by atoms with Crippen LogP contribution in [0, 0.1) is 11.8 Å². The van der Waals surface area contributed by atoms with Crippen molar-refractivity contribution in [2.24, 2.45) is 11.8 Å². The van der Waals surface area contributed by atoms with Crippen LogP contribution in [0.15, 0.2) is 20.1 Å². The summed E-state index contributed by atoms with van der Waals surface area (Å²) in [6.45, 7) is 0. The van der Waals surface area contributed by atoms with Crippen molar-refractivity contribution in [3.63, 3.8) is 0 Å². The highest BCUT2D eigenvalue weighted by Gasteiger charge is 2.90. The Bertz CT molecular complexity index is 656. The van der Waals surface area contributed by atoms with E-state index in [2.05, 4.69) is 0 Å². The number of fused-ring (bicyclic) bond motifs is 5. The third kappa shape index (κ3) is 1.63. The topological polar surface area (TPSA) is 36.9 Å². The first-order valence-corrected chi connectivity index (χ1v) is 9.09. The lowest BCUT2D eigenvalue weighted by Crippen LogP contribution is -2.60. The molecule has 0 aliphatic heterocycles. The third-order valence-electron chi connectivity index (χ3n) is 5.36. The number of allylic oxidation sites excluding steroid dienone is 1. The Morgan fingerprint density at radius 2 is 1.17 bits per heavy atom. The Labute approximate surface area is 169 Å². The molecule has 4 nitrogen and oxygen atoms in total. The van der Waals surface area contributed by atoms with Gasteiger partial charge in [0, 0.05) is 39.4 Å². The number of hydrogen-bond donors (Lipinski definition) is 0. The molecule has 10 heteroatoms. The molecule has 1 saturated carbocycles. The largest absolute Gasteiger partial charge is 0.350 e. The Morgan fingerprint density at radius 3 is 1.58 bits per heavy atom. The van der Waals surface area contributed by atoms with E-state index in [4.69, 9.17) is 88.6 Å². The van der Waals surface area contributed by atoms with Gasteiger partial charge in [-0.3, -0.25) is 0 Å². The van der Waals surface area contributed by atoms with E-state index in [1.807, 2.05) is 0 Å². The molecule has 0 aromatic heterocycles. The molecular weight excluding hydrogens is 445 g/mol. The number of ether oxygens (including phenoxy) is 4. The summed E-state index contributed by atoms with van der Waals surface area (Å²) in [5.74, 6) is -4.51. The number of methoxy groups -OCH3 is 4. The molecule has 0 N–H and O–H groups in total. The fourth-order valence-electron chi connectivity index (χ4n) is 4.45. The molecule has 1 fully saturated rings. The zero-order chi connectivity index (χ0) is 18.3. The van der Waals surface area contributed by atoms with Crippen LogP contribution in [0.1, 0.15) is 0 Å². The molecule has 0 heterocycles. The van der Waals surface area contributed by atoms with Crippen LogP contribution in [-0.4, -0.2) is 49.8 Å². The van der Waals surface area contributed by atoms with Crippen LogP contribution in [0.5, 0.6) is 0 Å². The maximum atomic E-state index is 7.02. The first kappa shape index (κ1) is 19.8. The van der Waals surface area contributed by atoms with Crippen molar-refractivity contribution >= 4 is 69.6 Å². The van der Waals surface area contributed by atoms with E-state index in [1.54, 1.807) is 0 Å². The Hall–Kier alpha value is 1.06. The highest BCUT2D eigenvalue weighted by atomic mass is 35.5. The standard InChI is InChI=1S/C14H14Cl6O4/c1-21-13(22-2)7-5(6(15)8(13)16)11(19)9(17)10(18)12(7,20)14(11,23-3)24-4/h5,7H,1-4H3. The fraction of sp³-hybridized carbons (Fsp3) is 0.714. The molecule has 0 aromatic carbocycles. The number of halogens is 6. The Morgan fingerprint density at radius 1 is 0.708 bits per heavy atom. The summed E-state index contributed by atoms with van der Waals surface area (Å²) >= 11 is 39.9. The van der Waals surface area contributed by atoms with Crippen LogP contribution in [-0.2, 0) is 18.9 Å². The first-order valence-electron chi connectivity index (χ1n) is 6.82. The molecule has 4 atom stereocenters. The molecule has 3 aliphatic rings. The molecule has 24 heavy (non-hydrogen) atoms. The van der Waals surface area contributed by atoms with Gasteiger partial charge >= 0.3 is 0 Å². The molecule has 136 valence electrons. The minimum atomic E-state index is -1.60. The van der Waals surface area contributed by atoms with Crippen molar-refractivity contribution in [2.75, 3.05) is 28.4 Å². The summed E-state index contributed by atoms with van der Waals surface area (Å²) in [5, 5.41) is 0.524. The SMILES string of the molecule is COC1(OC)C(Cl)=C(Cl)C2C1C1(Cl)C(Cl)=C(Cl)C2(Cl)C1(OC)OC. The van der Waals surface area contributed by atoms with Crippen molar-refractivity contribution in [1.29, 1.82) is 0 Å². The Kier molecular flexibility index (Phi) is 4.77. The summed E-state index contributed by atoms with van der Waals surface area (Å²) < 4.78 is 22.5. The van der Waals surface area contributed by atoms with Crippen molar-refractivity contribution in [3.8, 4) is 0 Å². The molecule has 0 saturated heterocycles. The van der Waals surface area contributed by atoms with Crippen LogP contribution < -0.4 is 0 Å². The van der Waals surface area contributed by atoms with Gasteiger partial charge in [-0.05, 0) is 0 Å². The van der Waals surface area contributed by atoms with Gasteiger partial charge in [0.25, 0.3) is 0 Å². The summed E-state index contributed by atoms with van der Waals surface area (Å²) in [4.78, 5) is -3.04. The predicted molar refractivity (Wildman–Crippen MR) is 95.1 cm³/mol. The van der Waals surface area contributed by atoms with E-state index < -0.39 is 33.2 Å². The van der Waals surface area contributed by atoms with E-state index in [9.17, 15) is 0 Å². The van der Waals surface area contributed by atoms with E-state index in [0.29, 0.717) is 0 Å². The highest BCUT2D eigenvalue weighted by molar-refractivity contribution is 6.53. The summed E-state index contributed by atoms with van der Waals surface area (Å²) in [6, 6.07) is 0. The predicted octanol–water partition coefficient (Wildman–Crippen LogP) is 4.57. The van der Waals surface area contributed by atoms with Crippen LogP contribution >= 0.6 is 69.6 Å². The average Bonchev–Trinajstić information content (AvgIpc) is 2.97. The minimum Gasteiger partial charge on any atom is -0.350 e. The fourth-order valence-corrected chi connectivity index (χ4v) is 7.54. The van der Waals surface area contributed by atoms with Gasteiger partial charge in [0.15, 0.2) is 0 Å². The lowest BCUT2D eigenvalue weighted by molar-refractivity contribution is -0.243. The van der Waals surface area contributed by atoms with E-state index >= 15 is 0 Å². The molecule has 3 rings (SSSR count). The molecule has 0 radical (unpaired) electrons. The van der Waals surface area contributed by atoms with Crippen molar-refractivity contribution < 1.29 is 18.9 Å². The van der Waals surface area contributed by atoms with Gasteiger partial charge in [-0.15, -0.1) is 23.2 Å². The molecular formula is C14H14Cl6O4. The van der Waals surface area contributed by atoms with Crippen molar-refractivity contribution in [3.05, 3.63) is 20.1 Å². The highest BCUT2D eigenvalue weighted by Crippen LogP contribution is 2.80. The molecule has 2 bridgehead atoms. The van der Waals surface area contributed by atoms with Gasteiger partial charge in [-0.1, -0.05) is 46.4 Å². The van der Waals surface area contributed by atoms with Gasteiger partial charge in [0.2, 0.25) is 11.6 Å². The zero-order valence-electron chi connectivity index (χ0n) is 13.1. The second kappa shape index (κ2) is 5.78. The lowest BCUT2D eigenvalue weighted by atomic mass is 9.81. The van der Waals surface area contributed by atoms with Gasteiger partial charge in [-0.2, -0.15) is 0 Å². The first-order chi connectivity index (χ1) is 11.1. The smallest absolute Gasteiger partial charge is 0.218 e. The molecule has 3 aliphatic carbocycles. The average molecular weight is 459 g/mol. The summed E-state index contributed by atoms with van der Waals surface area (Å²) in [7, 11) is 5.65. The van der Waals surface area contributed by atoms with Gasteiger partial charge in [0.05, 0.1) is 21.0 Å². The van der Waals surface area contributed by atoms with Gasteiger partial charge in [-0.25, -0.2) is 0 Å². The maximum absolute atomic E-state index is 7.02. The van der Waals surface area contributed by atoms with Crippen LogP contribution in [0.2, 0.25) is 0 Å².